The van der Waals surface area contributed by atoms with Crippen LogP contribution in [-0.4, -0.2) is 7.11 Å². The maximum absolute atomic E-state index is 6.26. The van der Waals surface area contributed by atoms with E-state index in [4.69, 9.17) is 14.9 Å². The molecule has 2 rings (SSSR count). The smallest absolute Gasteiger partial charge is 0.176 e. The fourth-order valence-electron chi connectivity index (χ4n) is 2.14. The Labute approximate surface area is 114 Å². The van der Waals surface area contributed by atoms with Gasteiger partial charge in [0.1, 0.15) is 5.76 Å². The third kappa shape index (κ3) is 2.61. The van der Waals surface area contributed by atoms with Crippen molar-refractivity contribution in [1.82, 2.24) is 0 Å². The molecular formula is C16H23NO2. The van der Waals surface area contributed by atoms with Gasteiger partial charge < -0.3 is 14.9 Å². The summed E-state index contributed by atoms with van der Waals surface area (Å²) in [5.74, 6) is 1.59. The van der Waals surface area contributed by atoms with E-state index in [0.717, 1.165) is 28.9 Å². The molecule has 1 unspecified atom stereocenters. The van der Waals surface area contributed by atoms with E-state index in [2.05, 4.69) is 33.8 Å². The molecule has 0 aliphatic heterocycles. The molecule has 3 heteroatoms. The summed E-state index contributed by atoms with van der Waals surface area (Å²) in [6.45, 7) is 8.46. The van der Waals surface area contributed by atoms with Gasteiger partial charge in [-0.3, -0.25) is 0 Å². The number of hydrogen-bond donors (Lipinski definition) is 1. The first-order valence-electron chi connectivity index (χ1n) is 6.72. The van der Waals surface area contributed by atoms with Gasteiger partial charge in [0.2, 0.25) is 0 Å². The van der Waals surface area contributed by atoms with Gasteiger partial charge in [-0.05, 0) is 35.6 Å². The molecule has 3 nitrogen and oxygen atoms in total. The molecule has 0 saturated carbocycles. The zero-order valence-electron chi connectivity index (χ0n) is 12.4. The predicted molar refractivity (Wildman–Crippen MR) is 78.5 cm³/mol. The zero-order valence-corrected chi connectivity index (χ0v) is 12.4. The van der Waals surface area contributed by atoms with Crippen molar-refractivity contribution < 1.29 is 9.15 Å². The number of rotatable bonds is 3. The van der Waals surface area contributed by atoms with Gasteiger partial charge in [-0.2, -0.15) is 0 Å². The Morgan fingerprint density at radius 2 is 1.95 bits per heavy atom. The average Bonchev–Trinajstić information content (AvgIpc) is 2.78. The first kappa shape index (κ1) is 13.9. The molecule has 1 aromatic heterocycles. The maximum Gasteiger partial charge on any atom is 0.176 e. The lowest BCUT2D eigenvalue weighted by Crippen LogP contribution is -2.25. The second-order valence-corrected chi connectivity index (χ2v) is 6.06. The highest BCUT2D eigenvalue weighted by atomic mass is 16.5. The molecule has 2 aromatic rings. The van der Waals surface area contributed by atoms with Crippen molar-refractivity contribution in [1.29, 1.82) is 0 Å². The molecule has 19 heavy (non-hydrogen) atoms. The molecule has 104 valence electrons. The van der Waals surface area contributed by atoms with E-state index in [1.807, 2.05) is 12.1 Å². The molecule has 0 bridgehead atoms. The molecular weight excluding hydrogens is 238 g/mol. The molecule has 0 spiro atoms. The molecule has 1 heterocycles. The lowest BCUT2D eigenvalue weighted by molar-refractivity contribution is 0.288. The number of ether oxygens (including phenoxy) is 1. The van der Waals surface area contributed by atoms with E-state index in [0.29, 0.717) is 0 Å². The van der Waals surface area contributed by atoms with Crippen LogP contribution in [0.25, 0.3) is 11.0 Å². The van der Waals surface area contributed by atoms with Crippen LogP contribution in [-0.2, 0) is 6.42 Å². The summed E-state index contributed by atoms with van der Waals surface area (Å²) in [4.78, 5) is 0. The first-order valence-corrected chi connectivity index (χ1v) is 6.72. The molecule has 0 aliphatic carbocycles. The van der Waals surface area contributed by atoms with Crippen LogP contribution in [0.3, 0.4) is 0 Å². The minimum Gasteiger partial charge on any atom is -0.493 e. The van der Waals surface area contributed by atoms with Crippen molar-refractivity contribution >= 4 is 11.0 Å². The van der Waals surface area contributed by atoms with E-state index < -0.39 is 0 Å². The van der Waals surface area contributed by atoms with Gasteiger partial charge in [-0.25, -0.2) is 0 Å². The minimum absolute atomic E-state index is 0.0330. The van der Waals surface area contributed by atoms with Gasteiger partial charge in [0.15, 0.2) is 11.3 Å². The second kappa shape index (κ2) is 4.89. The van der Waals surface area contributed by atoms with Gasteiger partial charge in [0.25, 0.3) is 0 Å². The van der Waals surface area contributed by atoms with Gasteiger partial charge in [-0.15, -0.1) is 0 Å². The summed E-state index contributed by atoms with van der Waals surface area (Å²) in [5, 5.41) is 1.06. The maximum atomic E-state index is 6.26. The standard InChI is InChI=1S/C16H23NO2/c1-6-10-7-11-9-13(15(17)16(2,3)4)19-14(11)12(8-10)18-5/h7-9,15H,6,17H2,1-5H3. The lowest BCUT2D eigenvalue weighted by atomic mass is 9.86. The van der Waals surface area contributed by atoms with E-state index >= 15 is 0 Å². The van der Waals surface area contributed by atoms with Crippen LogP contribution in [0.4, 0.5) is 0 Å². The molecule has 1 atom stereocenters. The Kier molecular flexibility index (Phi) is 3.59. The summed E-state index contributed by atoms with van der Waals surface area (Å²) < 4.78 is 11.3. The normalized spacial score (nSPS) is 13.8. The highest BCUT2D eigenvalue weighted by molar-refractivity contribution is 5.84. The molecule has 0 amide bonds. The van der Waals surface area contributed by atoms with Gasteiger partial charge >= 0.3 is 0 Å². The van der Waals surface area contributed by atoms with Crippen molar-refractivity contribution in [2.24, 2.45) is 11.1 Å². The monoisotopic (exact) mass is 261 g/mol. The zero-order chi connectivity index (χ0) is 14.2. The number of nitrogens with two attached hydrogens (primary N) is 1. The number of hydrogen-bond acceptors (Lipinski definition) is 3. The number of methoxy groups -OCH3 is 1. The van der Waals surface area contributed by atoms with Crippen LogP contribution in [0.1, 0.15) is 45.1 Å². The Morgan fingerprint density at radius 3 is 2.47 bits per heavy atom. The third-order valence-electron chi connectivity index (χ3n) is 3.53. The Balaban J connectivity index is 2.56. The fraction of sp³-hybridized carbons (Fsp3) is 0.500. The van der Waals surface area contributed by atoms with Crippen LogP contribution < -0.4 is 10.5 Å². The van der Waals surface area contributed by atoms with Crippen LogP contribution in [0.15, 0.2) is 22.6 Å². The Hall–Kier alpha value is -1.48. The van der Waals surface area contributed by atoms with Crippen LogP contribution in [0.2, 0.25) is 0 Å². The SMILES string of the molecule is CCc1cc(OC)c2oc(C(N)C(C)(C)C)cc2c1. The molecule has 0 saturated heterocycles. The van der Waals surface area contributed by atoms with E-state index in [-0.39, 0.29) is 11.5 Å². The fourth-order valence-corrected chi connectivity index (χ4v) is 2.14. The number of benzene rings is 1. The quantitative estimate of drug-likeness (QED) is 0.906. The minimum atomic E-state index is -0.130. The second-order valence-electron chi connectivity index (χ2n) is 6.06. The van der Waals surface area contributed by atoms with Crippen molar-refractivity contribution in [2.45, 2.75) is 40.2 Å². The molecule has 2 N–H and O–H groups in total. The average molecular weight is 261 g/mol. The summed E-state index contributed by atoms with van der Waals surface area (Å²) in [5.41, 5.74) is 8.25. The lowest BCUT2D eigenvalue weighted by Gasteiger charge is -2.24. The van der Waals surface area contributed by atoms with Crippen molar-refractivity contribution in [2.75, 3.05) is 7.11 Å². The summed E-state index contributed by atoms with van der Waals surface area (Å²) in [6, 6.07) is 6.07. The van der Waals surface area contributed by atoms with Gasteiger partial charge in [0.05, 0.1) is 13.2 Å². The van der Waals surface area contributed by atoms with Crippen LogP contribution >= 0.6 is 0 Å². The van der Waals surface area contributed by atoms with Crippen LogP contribution in [0, 0.1) is 5.41 Å². The Bertz CT molecular complexity index is 578. The molecule has 0 aliphatic rings. The number of aryl methyl sites for hydroxylation is 1. The molecule has 1 aromatic carbocycles. The third-order valence-corrected chi connectivity index (χ3v) is 3.53. The number of furan rings is 1. The number of fused-ring (bicyclic) bond motifs is 1. The van der Waals surface area contributed by atoms with Crippen molar-refractivity contribution in [3.8, 4) is 5.75 Å². The molecule has 0 radical (unpaired) electrons. The van der Waals surface area contributed by atoms with E-state index in [9.17, 15) is 0 Å². The van der Waals surface area contributed by atoms with E-state index in [1.54, 1.807) is 7.11 Å². The van der Waals surface area contributed by atoms with E-state index in [1.165, 1.54) is 5.56 Å². The largest absolute Gasteiger partial charge is 0.493 e. The highest BCUT2D eigenvalue weighted by Crippen LogP contribution is 2.37. The summed E-state index contributed by atoms with van der Waals surface area (Å²) in [7, 11) is 1.67. The topological polar surface area (TPSA) is 48.4 Å². The Morgan fingerprint density at radius 1 is 1.26 bits per heavy atom. The summed E-state index contributed by atoms with van der Waals surface area (Å²) in [6.07, 6.45) is 0.970. The first-order chi connectivity index (χ1) is 8.86. The van der Waals surface area contributed by atoms with Gasteiger partial charge in [0, 0.05) is 5.39 Å². The summed E-state index contributed by atoms with van der Waals surface area (Å²) >= 11 is 0. The van der Waals surface area contributed by atoms with Crippen LogP contribution in [0.5, 0.6) is 5.75 Å². The van der Waals surface area contributed by atoms with Crippen molar-refractivity contribution in [3.05, 3.63) is 29.5 Å². The molecule has 0 fully saturated rings. The van der Waals surface area contributed by atoms with Gasteiger partial charge in [-0.1, -0.05) is 27.7 Å². The van der Waals surface area contributed by atoms with Crippen molar-refractivity contribution in [3.63, 3.8) is 0 Å². The highest BCUT2D eigenvalue weighted by Gasteiger charge is 2.26. The predicted octanol–water partition coefficient (Wildman–Crippen LogP) is 4.05.